The predicted octanol–water partition coefficient (Wildman–Crippen LogP) is 1.50. The summed E-state index contributed by atoms with van der Waals surface area (Å²) in [5, 5.41) is 8.65. The third-order valence-corrected chi connectivity index (χ3v) is 1.68. The van der Waals surface area contributed by atoms with Crippen molar-refractivity contribution in [3.8, 4) is 0 Å². The van der Waals surface area contributed by atoms with Gasteiger partial charge in [-0.05, 0) is 18.2 Å². The number of benzene rings is 1. The van der Waals surface area contributed by atoms with Crippen LogP contribution in [0.2, 0.25) is 0 Å². The van der Waals surface area contributed by atoms with Gasteiger partial charge in [-0.1, -0.05) is 12.2 Å². The number of carboxylic acid groups (broad SMARTS) is 1. The van der Waals surface area contributed by atoms with Gasteiger partial charge in [-0.3, -0.25) is 0 Å². The van der Waals surface area contributed by atoms with Gasteiger partial charge < -0.3 is 10.8 Å². The van der Waals surface area contributed by atoms with E-state index in [1.54, 1.807) is 6.08 Å². The van der Waals surface area contributed by atoms with Crippen LogP contribution in [0.25, 0.3) is 6.08 Å². The van der Waals surface area contributed by atoms with Gasteiger partial charge in [-0.15, -0.1) is 0 Å². The van der Waals surface area contributed by atoms with Gasteiger partial charge in [0.25, 0.3) is 0 Å². The minimum Gasteiger partial charge on any atom is -0.478 e. The molecule has 14 heavy (non-hydrogen) atoms. The third-order valence-electron chi connectivity index (χ3n) is 1.68. The molecule has 0 unspecified atom stereocenters. The maximum Gasteiger partial charge on any atom is 0.335 e. The topological polar surface area (TPSA) is 63.3 Å². The molecule has 3 nitrogen and oxygen atoms in total. The van der Waals surface area contributed by atoms with E-state index in [0.29, 0.717) is 0 Å². The van der Waals surface area contributed by atoms with E-state index in [2.05, 4.69) is 0 Å². The van der Waals surface area contributed by atoms with E-state index in [1.165, 1.54) is 18.2 Å². The highest BCUT2D eigenvalue weighted by molar-refractivity contribution is 5.88. The lowest BCUT2D eigenvalue weighted by Gasteiger charge is -1.98. The first-order chi connectivity index (χ1) is 6.65. The van der Waals surface area contributed by atoms with E-state index in [-0.39, 0.29) is 17.7 Å². The lowest BCUT2D eigenvalue weighted by molar-refractivity contribution is 0.0697. The van der Waals surface area contributed by atoms with E-state index in [1.807, 2.05) is 0 Å². The Bertz CT molecular complexity index is 374. The molecule has 1 rings (SSSR count). The van der Waals surface area contributed by atoms with Gasteiger partial charge in [0.15, 0.2) is 0 Å². The molecule has 74 valence electrons. The van der Waals surface area contributed by atoms with Crippen LogP contribution >= 0.6 is 0 Å². The third kappa shape index (κ3) is 2.40. The van der Waals surface area contributed by atoms with E-state index < -0.39 is 11.8 Å². The molecule has 0 aliphatic rings. The highest BCUT2D eigenvalue weighted by atomic mass is 19.1. The van der Waals surface area contributed by atoms with Crippen LogP contribution in [0.3, 0.4) is 0 Å². The Morgan fingerprint density at radius 3 is 2.86 bits per heavy atom. The first kappa shape index (κ1) is 10.4. The van der Waals surface area contributed by atoms with Crippen molar-refractivity contribution < 1.29 is 14.3 Å². The average molecular weight is 195 g/mol. The van der Waals surface area contributed by atoms with E-state index >= 15 is 0 Å². The molecule has 0 aliphatic carbocycles. The normalized spacial score (nSPS) is 10.7. The van der Waals surface area contributed by atoms with Crippen LogP contribution in [0.1, 0.15) is 15.9 Å². The highest BCUT2D eigenvalue weighted by Gasteiger charge is 2.05. The molecular formula is C10H10FNO2. The molecule has 0 saturated carbocycles. The molecule has 1 aromatic carbocycles. The Hall–Kier alpha value is -1.68. The summed E-state index contributed by atoms with van der Waals surface area (Å²) < 4.78 is 13.1. The highest BCUT2D eigenvalue weighted by Crippen LogP contribution is 2.12. The second-order valence-corrected chi connectivity index (χ2v) is 2.68. The number of hydrogen-bond donors (Lipinski definition) is 2. The van der Waals surface area contributed by atoms with Gasteiger partial charge in [0, 0.05) is 12.1 Å². The zero-order valence-corrected chi connectivity index (χ0v) is 7.40. The minimum atomic E-state index is -1.08. The van der Waals surface area contributed by atoms with Crippen molar-refractivity contribution in [2.75, 3.05) is 6.54 Å². The molecule has 0 aliphatic heterocycles. The number of aromatic carboxylic acids is 1. The largest absolute Gasteiger partial charge is 0.478 e. The summed E-state index contributed by atoms with van der Waals surface area (Å²) in [5.41, 5.74) is 5.49. The molecule has 0 aromatic heterocycles. The van der Waals surface area contributed by atoms with Gasteiger partial charge in [0.05, 0.1) is 5.56 Å². The second-order valence-electron chi connectivity index (χ2n) is 2.68. The van der Waals surface area contributed by atoms with Crippen LogP contribution in [-0.2, 0) is 0 Å². The fraction of sp³-hybridized carbons (Fsp3) is 0.100. The Balaban J connectivity index is 3.08. The number of nitrogens with two attached hydrogens (primary N) is 1. The van der Waals surface area contributed by atoms with Crippen molar-refractivity contribution in [3.05, 3.63) is 41.2 Å². The lowest BCUT2D eigenvalue weighted by atomic mass is 10.1. The lowest BCUT2D eigenvalue weighted by Crippen LogP contribution is -1.98. The zero-order chi connectivity index (χ0) is 10.6. The summed E-state index contributed by atoms with van der Waals surface area (Å²) in [6.07, 6.45) is 3.02. The molecule has 0 bridgehead atoms. The molecule has 0 spiro atoms. The fourth-order valence-corrected chi connectivity index (χ4v) is 1.000. The number of hydrogen-bond acceptors (Lipinski definition) is 2. The number of carboxylic acids is 1. The molecule has 0 amide bonds. The Morgan fingerprint density at radius 1 is 1.57 bits per heavy atom. The molecule has 3 N–H and O–H groups in total. The Labute approximate surface area is 80.7 Å². The van der Waals surface area contributed by atoms with Crippen molar-refractivity contribution >= 4 is 12.0 Å². The average Bonchev–Trinajstić information content (AvgIpc) is 2.16. The zero-order valence-electron chi connectivity index (χ0n) is 7.40. The van der Waals surface area contributed by atoms with Gasteiger partial charge in [0.1, 0.15) is 5.82 Å². The fourth-order valence-electron chi connectivity index (χ4n) is 1.000. The van der Waals surface area contributed by atoms with Crippen molar-refractivity contribution in [3.63, 3.8) is 0 Å². The maximum absolute atomic E-state index is 13.1. The molecule has 0 saturated heterocycles. The van der Waals surface area contributed by atoms with Crippen LogP contribution in [0.5, 0.6) is 0 Å². The quantitative estimate of drug-likeness (QED) is 0.768. The van der Waals surface area contributed by atoms with Gasteiger partial charge in [-0.25, -0.2) is 9.18 Å². The van der Waals surface area contributed by atoms with Crippen molar-refractivity contribution in [2.45, 2.75) is 0 Å². The minimum absolute atomic E-state index is 0.0584. The summed E-state index contributed by atoms with van der Waals surface area (Å²) in [6.45, 7) is 0.288. The molecule has 0 atom stereocenters. The predicted molar refractivity (Wildman–Crippen MR) is 51.4 cm³/mol. The summed E-state index contributed by atoms with van der Waals surface area (Å²) in [7, 11) is 0. The smallest absolute Gasteiger partial charge is 0.335 e. The monoisotopic (exact) mass is 195 g/mol. The van der Waals surface area contributed by atoms with Gasteiger partial charge >= 0.3 is 5.97 Å². The van der Waals surface area contributed by atoms with E-state index in [4.69, 9.17) is 10.8 Å². The van der Waals surface area contributed by atoms with Crippen molar-refractivity contribution in [2.24, 2.45) is 5.73 Å². The van der Waals surface area contributed by atoms with Crippen LogP contribution in [-0.4, -0.2) is 17.6 Å². The van der Waals surface area contributed by atoms with E-state index in [0.717, 1.165) is 6.07 Å². The Morgan fingerprint density at radius 2 is 2.29 bits per heavy atom. The Kier molecular flexibility index (Phi) is 3.36. The van der Waals surface area contributed by atoms with Crippen LogP contribution in [0, 0.1) is 5.82 Å². The van der Waals surface area contributed by atoms with Crippen LogP contribution in [0.4, 0.5) is 4.39 Å². The maximum atomic E-state index is 13.1. The summed E-state index contributed by atoms with van der Waals surface area (Å²) in [5.74, 6) is -1.54. The van der Waals surface area contributed by atoms with Crippen molar-refractivity contribution in [1.82, 2.24) is 0 Å². The van der Waals surface area contributed by atoms with Crippen LogP contribution < -0.4 is 5.73 Å². The van der Waals surface area contributed by atoms with E-state index in [9.17, 15) is 9.18 Å². The number of halogens is 1. The van der Waals surface area contributed by atoms with Gasteiger partial charge in [0.2, 0.25) is 0 Å². The summed E-state index contributed by atoms with van der Waals surface area (Å²) >= 11 is 0. The van der Waals surface area contributed by atoms with Crippen molar-refractivity contribution in [1.29, 1.82) is 0 Å². The first-order valence-corrected chi connectivity index (χ1v) is 4.04. The second kappa shape index (κ2) is 4.53. The molecule has 1 aromatic rings. The summed E-state index contributed by atoms with van der Waals surface area (Å²) in [4.78, 5) is 10.6. The molecule has 0 radical (unpaired) electrons. The number of rotatable bonds is 3. The number of carbonyl (C=O) groups is 1. The van der Waals surface area contributed by atoms with Gasteiger partial charge in [-0.2, -0.15) is 0 Å². The molecule has 0 heterocycles. The standard InChI is InChI=1S/C10H10FNO2/c11-9-4-3-8(10(13)14)6-7(9)2-1-5-12/h1-4,6H,5,12H2,(H,13,14). The molecule has 0 fully saturated rings. The van der Waals surface area contributed by atoms with Crippen LogP contribution in [0.15, 0.2) is 24.3 Å². The SMILES string of the molecule is NCC=Cc1cc(C(=O)O)ccc1F. The summed E-state index contributed by atoms with van der Waals surface area (Å²) in [6, 6.07) is 3.61. The molecule has 4 heteroatoms. The first-order valence-electron chi connectivity index (χ1n) is 4.04. The molecular weight excluding hydrogens is 185 g/mol.